The third-order valence-electron chi connectivity index (χ3n) is 6.75. The van der Waals surface area contributed by atoms with E-state index in [9.17, 15) is 32.7 Å². The number of rotatable bonds is 12. The van der Waals surface area contributed by atoms with Gasteiger partial charge in [-0.25, -0.2) is 4.79 Å². The van der Waals surface area contributed by atoms with Crippen molar-refractivity contribution in [3.05, 3.63) is 121 Å². The topological polar surface area (TPSA) is 110 Å². The van der Waals surface area contributed by atoms with Crippen molar-refractivity contribution < 1.29 is 37.8 Å². The van der Waals surface area contributed by atoms with Crippen molar-refractivity contribution in [3.8, 4) is 0 Å². The number of allylic oxidation sites excluding steroid dienone is 6. The minimum atomic E-state index is -4.48. The number of amides is 2. The number of alkyl halides is 3. The highest BCUT2D eigenvalue weighted by Gasteiger charge is 2.47. The predicted octanol–water partition coefficient (Wildman–Crippen LogP) is 6.90. The number of benzene rings is 2. The van der Waals surface area contributed by atoms with Crippen molar-refractivity contribution in [1.82, 2.24) is 15.1 Å². The summed E-state index contributed by atoms with van der Waals surface area (Å²) >= 11 is 0. The van der Waals surface area contributed by atoms with Crippen molar-refractivity contribution in [3.63, 3.8) is 0 Å². The molecule has 8 nitrogen and oxygen atoms in total. The maximum absolute atomic E-state index is 12.9. The van der Waals surface area contributed by atoms with Gasteiger partial charge in [-0.15, -0.1) is 0 Å². The molecule has 2 aromatic carbocycles. The van der Waals surface area contributed by atoms with Gasteiger partial charge in [0.05, 0.1) is 23.7 Å². The van der Waals surface area contributed by atoms with Crippen LogP contribution in [0.5, 0.6) is 0 Å². The van der Waals surface area contributed by atoms with E-state index in [2.05, 4.69) is 11.9 Å². The molecule has 0 spiro atoms. The van der Waals surface area contributed by atoms with Crippen molar-refractivity contribution in [1.29, 1.82) is 0 Å². The Balaban J connectivity index is 0.00000116. The smallest absolute Gasteiger partial charge is 0.416 e. The van der Waals surface area contributed by atoms with Crippen LogP contribution in [-0.4, -0.2) is 76.6 Å². The molecule has 11 heteroatoms. The number of carbonyl (C=O) groups excluding carboxylic acids is 2. The number of carboxylic acid groups (broad SMARTS) is 1. The molecule has 258 valence electrons. The molecule has 47 heavy (non-hydrogen) atoms. The van der Waals surface area contributed by atoms with Crippen molar-refractivity contribution >= 4 is 18.3 Å². The van der Waals surface area contributed by atoms with E-state index in [1.807, 2.05) is 78.6 Å². The summed E-state index contributed by atoms with van der Waals surface area (Å²) in [5, 5.41) is 19.1. The Morgan fingerprint density at radius 3 is 2.13 bits per heavy atom. The minimum absolute atomic E-state index is 0.0951. The van der Waals surface area contributed by atoms with E-state index in [-0.39, 0.29) is 31.5 Å². The fraction of sp³-hybridized carbons (Fsp3) is 0.361. The summed E-state index contributed by atoms with van der Waals surface area (Å²) in [7, 11) is 1.00. The molecule has 2 aromatic rings. The number of nitrogens with one attached hydrogen (secondary N) is 1. The largest absolute Gasteiger partial charge is 0.465 e. The summed E-state index contributed by atoms with van der Waals surface area (Å²) in [4.78, 5) is 38.5. The molecule has 1 fully saturated rings. The lowest BCUT2D eigenvalue weighted by molar-refractivity contribution is -0.137. The van der Waals surface area contributed by atoms with Gasteiger partial charge in [0.2, 0.25) is 5.91 Å². The summed E-state index contributed by atoms with van der Waals surface area (Å²) in [5.74, 6) is -0.421. The monoisotopic (exact) mass is 659 g/mol. The van der Waals surface area contributed by atoms with Gasteiger partial charge in [0.1, 0.15) is 6.29 Å². The van der Waals surface area contributed by atoms with E-state index in [1.54, 1.807) is 26.0 Å². The summed E-state index contributed by atoms with van der Waals surface area (Å²) in [6, 6.07) is 15.3. The van der Waals surface area contributed by atoms with E-state index in [4.69, 9.17) is 5.11 Å². The van der Waals surface area contributed by atoms with Crippen LogP contribution in [0.3, 0.4) is 0 Å². The third kappa shape index (κ3) is 16.1. The van der Waals surface area contributed by atoms with E-state index in [1.165, 1.54) is 17.0 Å². The second kappa shape index (κ2) is 24.7. The van der Waals surface area contributed by atoms with Gasteiger partial charge in [-0.05, 0) is 44.9 Å². The van der Waals surface area contributed by atoms with Crippen molar-refractivity contribution in [2.45, 2.75) is 64.5 Å². The van der Waals surface area contributed by atoms with Gasteiger partial charge in [0.15, 0.2) is 0 Å². The first-order valence-electron chi connectivity index (χ1n) is 15.2. The SMILES string of the molecule is C/C=C/C1C(N(CC)C(=O)O)CN1[C@@H](CCC=O)C(=O)NCc1cccc(C(F)(F)F)c1.C=C/C=C\C=C/C.CO.c1ccccc1. The first-order chi connectivity index (χ1) is 22.5. The second-order valence-corrected chi connectivity index (χ2v) is 9.83. The molecule has 3 atom stereocenters. The summed E-state index contributed by atoms with van der Waals surface area (Å²) in [6.45, 7) is 9.53. The Labute approximate surface area is 276 Å². The zero-order chi connectivity index (χ0) is 35.7. The molecular weight excluding hydrogens is 611 g/mol. The van der Waals surface area contributed by atoms with Gasteiger partial charge in [-0.1, -0.05) is 97.6 Å². The predicted molar refractivity (Wildman–Crippen MR) is 181 cm³/mol. The second-order valence-electron chi connectivity index (χ2n) is 9.83. The van der Waals surface area contributed by atoms with E-state index < -0.39 is 29.8 Å². The number of hydrogen-bond acceptors (Lipinski definition) is 5. The van der Waals surface area contributed by atoms with Crippen LogP contribution in [0.15, 0.2) is 110 Å². The van der Waals surface area contributed by atoms with E-state index >= 15 is 0 Å². The zero-order valence-corrected chi connectivity index (χ0v) is 27.5. The molecule has 0 aromatic heterocycles. The summed E-state index contributed by atoms with van der Waals surface area (Å²) in [5.41, 5.74) is -0.495. The lowest BCUT2D eigenvalue weighted by Crippen LogP contribution is -2.70. The average molecular weight is 660 g/mol. The van der Waals surface area contributed by atoms with Gasteiger partial charge < -0.3 is 25.2 Å². The first-order valence-corrected chi connectivity index (χ1v) is 15.2. The Kier molecular flexibility index (Phi) is 22.4. The highest BCUT2D eigenvalue weighted by Crippen LogP contribution is 2.30. The number of likely N-dealkylation sites (N-methyl/N-ethyl adjacent to an activating group) is 1. The number of aliphatic hydroxyl groups excluding tert-OH is 1. The van der Waals surface area contributed by atoms with Crippen molar-refractivity contribution in [2.24, 2.45) is 0 Å². The number of halogens is 3. The van der Waals surface area contributed by atoms with Gasteiger partial charge in [0.25, 0.3) is 0 Å². The van der Waals surface area contributed by atoms with Gasteiger partial charge >= 0.3 is 12.3 Å². The quantitative estimate of drug-likeness (QED) is 0.130. The van der Waals surface area contributed by atoms with Gasteiger partial charge in [-0.3, -0.25) is 9.69 Å². The van der Waals surface area contributed by atoms with Crippen LogP contribution in [0.1, 0.15) is 44.7 Å². The van der Waals surface area contributed by atoms with Crippen molar-refractivity contribution in [2.75, 3.05) is 20.2 Å². The van der Waals surface area contributed by atoms with E-state index in [0.29, 0.717) is 24.9 Å². The number of aldehydes is 1. The molecule has 3 rings (SSSR count). The van der Waals surface area contributed by atoms with E-state index in [0.717, 1.165) is 19.2 Å². The summed E-state index contributed by atoms with van der Waals surface area (Å²) < 4.78 is 38.8. The van der Waals surface area contributed by atoms with Crippen LogP contribution < -0.4 is 5.32 Å². The highest BCUT2D eigenvalue weighted by molar-refractivity contribution is 5.82. The Bertz CT molecular complexity index is 1240. The maximum atomic E-state index is 12.9. The zero-order valence-electron chi connectivity index (χ0n) is 27.5. The van der Waals surface area contributed by atoms with Crippen LogP contribution in [-0.2, 0) is 22.3 Å². The standard InChI is InChI=1S/C22H28F3N3O4.C7H10.C6H6.CH4O/c1-3-7-17-19(27(4-2)21(31)32)14-28(17)18(10-6-11-29)20(30)26-13-15-8-5-9-16(12-15)22(23,24)25;1-3-5-7-6-4-2;1-2-4-6-5-3-1;1-2/h3,5,7-9,11-12,17-19H,4,6,10,13-14H2,1-2H3,(H,26,30)(H,31,32);3-7H,1H2,2H3;1-6H;2H,1H3/b7-3+;6-4-,7-5-;;/t17?,18-,19?;;;/m0.../s1. The fourth-order valence-corrected chi connectivity index (χ4v) is 4.57. The molecule has 0 radical (unpaired) electrons. The molecule has 1 saturated heterocycles. The molecule has 1 aliphatic rings. The molecule has 2 unspecified atom stereocenters. The van der Waals surface area contributed by atoms with Crippen LogP contribution in [0.2, 0.25) is 0 Å². The number of aliphatic hydroxyl groups is 1. The normalized spacial score (nSPS) is 16.3. The molecule has 0 bridgehead atoms. The number of hydrogen-bond donors (Lipinski definition) is 3. The Morgan fingerprint density at radius 2 is 1.66 bits per heavy atom. The fourth-order valence-electron chi connectivity index (χ4n) is 4.57. The lowest BCUT2D eigenvalue weighted by atomic mass is 9.90. The molecule has 1 heterocycles. The highest BCUT2D eigenvalue weighted by atomic mass is 19.4. The molecule has 0 aliphatic carbocycles. The molecular formula is C36H48F3N3O5. The van der Waals surface area contributed by atoms with Crippen LogP contribution in [0, 0.1) is 0 Å². The van der Waals surface area contributed by atoms with Gasteiger partial charge in [0, 0.05) is 33.2 Å². The molecule has 1 aliphatic heterocycles. The molecule has 2 amide bonds. The number of carbonyl (C=O) groups is 3. The number of nitrogens with zero attached hydrogens (tertiary/aromatic N) is 2. The average Bonchev–Trinajstić information content (AvgIpc) is 3.07. The molecule has 3 N–H and O–H groups in total. The minimum Gasteiger partial charge on any atom is -0.465 e. The van der Waals surface area contributed by atoms with Crippen LogP contribution >= 0.6 is 0 Å². The Morgan fingerprint density at radius 1 is 1.04 bits per heavy atom. The molecule has 0 saturated carbocycles. The first kappa shape index (κ1) is 42.5. The lowest BCUT2D eigenvalue weighted by Gasteiger charge is -2.53. The summed E-state index contributed by atoms with van der Waals surface area (Å²) in [6.07, 6.45) is 8.61. The third-order valence-corrected chi connectivity index (χ3v) is 6.75. The van der Waals surface area contributed by atoms with Gasteiger partial charge in [-0.2, -0.15) is 13.2 Å². The van der Waals surface area contributed by atoms with Crippen LogP contribution in [0.25, 0.3) is 0 Å². The Hall–Kier alpha value is -4.48. The number of likely N-dealkylation sites (tertiary alicyclic amines) is 1. The van der Waals surface area contributed by atoms with Crippen LogP contribution in [0.4, 0.5) is 18.0 Å². The maximum Gasteiger partial charge on any atom is 0.416 e.